The molecule has 1 aliphatic carbocycles. The highest BCUT2D eigenvalue weighted by Crippen LogP contribution is 2.54. The molecule has 2 aliphatic rings. The summed E-state index contributed by atoms with van der Waals surface area (Å²) in [6.45, 7) is 2.42. The lowest BCUT2D eigenvalue weighted by molar-refractivity contribution is -0.0189. The van der Waals surface area contributed by atoms with Crippen molar-refractivity contribution in [3.8, 4) is 0 Å². The Bertz CT molecular complexity index is 177. The van der Waals surface area contributed by atoms with Crippen LogP contribution in [0, 0.1) is 5.41 Å². The minimum absolute atomic E-state index is 0.113. The van der Waals surface area contributed by atoms with Crippen LogP contribution in [0.15, 0.2) is 0 Å². The number of aliphatic hydroxyl groups excluding tert-OH is 2. The Hall–Kier alpha value is -0.120. The summed E-state index contributed by atoms with van der Waals surface area (Å²) in [7, 11) is 0. The molecular weight excluding hydrogens is 156 g/mol. The second-order valence-corrected chi connectivity index (χ2v) is 4.03. The van der Waals surface area contributed by atoms with Gasteiger partial charge in [0, 0.05) is 0 Å². The molecule has 0 amide bonds. The van der Waals surface area contributed by atoms with E-state index in [4.69, 9.17) is 4.74 Å². The fourth-order valence-corrected chi connectivity index (χ4v) is 2.14. The molecule has 0 aromatic heterocycles. The topological polar surface area (TPSA) is 49.7 Å². The molecule has 2 N–H and O–H groups in total. The van der Waals surface area contributed by atoms with E-state index in [0.717, 1.165) is 19.3 Å². The molecule has 2 fully saturated rings. The highest BCUT2D eigenvalue weighted by Gasteiger charge is 2.55. The molecule has 0 bridgehead atoms. The van der Waals surface area contributed by atoms with E-state index < -0.39 is 12.2 Å². The number of hydrogen-bond donors (Lipinski definition) is 2. The maximum Gasteiger partial charge on any atom is 0.109 e. The summed E-state index contributed by atoms with van der Waals surface area (Å²) in [6.07, 6.45) is 1.88. The molecule has 1 aliphatic heterocycles. The summed E-state index contributed by atoms with van der Waals surface area (Å²) < 4.78 is 5.40. The van der Waals surface area contributed by atoms with E-state index in [2.05, 4.69) is 6.92 Å². The Labute approximate surface area is 72.3 Å². The molecule has 3 nitrogen and oxygen atoms in total. The van der Waals surface area contributed by atoms with Crippen LogP contribution < -0.4 is 0 Å². The van der Waals surface area contributed by atoms with Gasteiger partial charge in [-0.15, -0.1) is 0 Å². The molecule has 1 unspecified atom stereocenters. The molecule has 1 saturated heterocycles. The summed E-state index contributed by atoms with van der Waals surface area (Å²) >= 11 is 0. The van der Waals surface area contributed by atoms with Crippen LogP contribution in [0.1, 0.15) is 26.2 Å². The van der Waals surface area contributed by atoms with Gasteiger partial charge in [-0.1, -0.05) is 6.92 Å². The minimum atomic E-state index is -0.668. The van der Waals surface area contributed by atoms with Crippen LogP contribution in [0.3, 0.4) is 0 Å². The Kier molecular flexibility index (Phi) is 1.90. The third-order valence-electron chi connectivity index (χ3n) is 3.35. The van der Waals surface area contributed by atoms with Gasteiger partial charge in [-0.2, -0.15) is 0 Å². The van der Waals surface area contributed by atoms with Crippen LogP contribution in [0.2, 0.25) is 0 Å². The van der Waals surface area contributed by atoms with Crippen molar-refractivity contribution in [3.05, 3.63) is 0 Å². The average molecular weight is 172 g/mol. The van der Waals surface area contributed by atoms with Crippen molar-refractivity contribution in [1.29, 1.82) is 0 Å². The lowest BCUT2D eigenvalue weighted by atomic mass is 9.91. The first-order valence-electron chi connectivity index (χ1n) is 4.67. The molecule has 3 atom stereocenters. The van der Waals surface area contributed by atoms with Crippen LogP contribution in [0.25, 0.3) is 0 Å². The maximum atomic E-state index is 9.59. The summed E-state index contributed by atoms with van der Waals surface area (Å²) in [5.74, 6) is 0. The van der Waals surface area contributed by atoms with Crippen LogP contribution in [0.4, 0.5) is 0 Å². The van der Waals surface area contributed by atoms with Crippen LogP contribution in [-0.4, -0.2) is 35.1 Å². The van der Waals surface area contributed by atoms with Crippen molar-refractivity contribution in [2.24, 2.45) is 5.41 Å². The van der Waals surface area contributed by atoms with Crippen LogP contribution in [-0.2, 0) is 4.74 Å². The van der Waals surface area contributed by atoms with E-state index in [1.54, 1.807) is 0 Å². The number of aliphatic hydroxyl groups is 2. The summed E-state index contributed by atoms with van der Waals surface area (Å²) in [5, 5.41) is 18.9. The SMILES string of the molecule is CCC1([C@H]2OC[C@H](O)C2O)CC1. The Morgan fingerprint density at radius 3 is 2.42 bits per heavy atom. The van der Waals surface area contributed by atoms with E-state index in [1.165, 1.54) is 0 Å². The van der Waals surface area contributed by atoms with E-state index in [-0.39, 0.29) is 11.5 Å². The van der Waals surface area contributed by atoms with Gasteiger partial charge >= 0.3 is 0 Å². The van der Waals surface area contributed by atoms with Crippen molar-refractivity contribution in [1.82, 2.24) is 0 Å². The van der Waals surface area contributed by atoms with Crippen molar-refractivity contribution in [2.45, 2.75) is 44.5 Å². The van der Waals surface area contributed by atoms with E-state index in [1.807, 2.05) is 0 Å². The van der Waals surface area contributed by atoms with Gasteiger partial charge < -0.3 is 14.9 Å². The second kappa shape index (κ2) is 2.69. The molecule has 3 heteroatoms. The van der Waals surface area contributed by atoms with Gasteiger partial charge in [0.25, 0.3) is 0 Å². The number of hydrogen-bond acceptors (Lipinski definition) is 3. The minimum Gasteiger partial charge on any atom is -0.388 e. The lowest BCUT2D eigenvalue weighted by Gasteiger charge is -2.23. The first-order valence-corrected chi connectivity index (χ1v) is 4.67. The van der Waals surface area contributed by atoms with Crippen molar-refractivity contribution >= 4 is 0 Å². The quantitative estimate of drug-likeness (QED) is 0.629. The fourth-order valence-electron chi connectivity index (χ4n) is 2.14. The Morgan fingerprint density at radius 1 is 1.42 bits per heavy atom. The van der Waals surface area contributed by atoms with Crippen molar-refractivity contribution in [3.63, 3.8) is 0 Å². The van der Waals surface area contributed by atoms with Gasteiger partial charge in [-0.25, -0.2) is 0 Å². The molecule has 70 valence electrons. The molecule has 0 radical (unpaired) electrons. The van der Waals surface area contributed by atoms with Gasteiger partial charge in [0.05, 0.1) is 12.7 Å². The smallest absolute Gasteiger partial charge is 0.109 e. The normalized spacial score (nSPS) is 44.8. The van der Waals surface area contributed by atoms with Crippen molar-refractivity contribution < 1.29 is 14.9 Å². The molecule has 0 spiro atoms. The first kappa shape index (κ1) is 8.48. The summed E-state index contributed by atoms with van der Waals surface area (Å²) in [5.41, 5.74) is 0.191. The molecular formula is C9H16O3. The zero-order chi connectivity index (χ0) is 8.77. The predicted molar refractivity (Wildman–Crippen MR) is 43.7 cm³/mol. The maximum absolute atomic E-state index is 9.59. The zero-order valence-electron chi connectivity index (χ0n) is 7.36. The third-order valence-corrected chi connectivity index (χ3v) is 3.35. The van der Waals surface area contributed by atoms with Crippen LogP contribution in [0.5, 0.6) is 0 Å². The summed E-state index contributed by atoms with van der Waals surface area (Å²) in [4.78, 5) is 0. The first-order chi connectivity index (χ1) is 5.69. The monoisotopic (exact) mass is 172 g/mol. The number of ether oxygens (including phenoxy) is 1. The highest BCUT2D eigenvalue weighted by atomic mass is 16.5. The molecule has 1 heterocycles. The predicted octanol–water partition coefficient (Wildman–Crippen LogP) is 0.297. The zero-order valence-corrected chi connectivity index (χ0v) is 7.36. The van der Waals surface area contributed by atoms with E-state index >= 15 is 0 Å². The van der Waals surface area contributed by atoms with Gasteiger partial charge in [0.15, 0.2) is 0 Å². The van der Waals surface area contributed by atoms with Gasteiger partial charge in [0.2, 0.25) is 0 Å². The van der Waals surface area contributed by atoms with Gasteiger partial charge in [-0.05, 0) is 24.7 Å². The molecule has 0 aromatic rings. The average Bonchev–Trinajstić information content (AvgIpc) is 2.79. The molecule has 12 heavy (non-hydrogen) atoms. The Balaban J connectivity index is 2.05. The Morgan fingerprint density at radius 2 is 2.08 bits per heavy atom. The highest BCUT2D eigenvalue weighted by molar-refractivity contribution is 5.04. The van der Waals surface area contributed by atoms with Gasteiger partial charge in [-0.3, -0.25) is 0 Å². The second-order valence-electron chi connectivity index (χ2n) is 4.03. The fraction of sp³-hybridized carbons (Fsp3) is 1.00. The van der Waals surface area contributed by atoms with E-state index in [0.29, 0.717) is 6.61 Å². The largest absolute Gasteiger partial charge is 0.388 e. The lowest BCUT2D eigenvalue weighted by Crippen LogP contribution is -2.36. The van der Waals surface area contributed by atoms with Gasteiger partial charge in [0.1, 0.15) is 12.2 Å². The third kappa shape index (κ3) is 1.08. The molecule has 0 aromatic carbocycles. The standard InChI is InChI=1S/C9H16O3/c1-2-9(3-4-9)8-7(11)6(10)5-12-8/h6-8,10-11H,2-5H2,1H3/t6-,7?,8-/m0/s1. The van der Waals surface area contributed by atoms with Crippen molar-refractivity contribution in [2.75, 3.05) is 6.61 Å². The van der Waals surface area contributed by atoms with Crippen LogP contribution >= 0.6 is 0 Å². The van der Waals surface area contributed by atoms with E-state index in [9.17, 15) is 10.2 Å². The molecule has 2 rings (SSSR count). The summed E-state index contributed by atoms with van der Waals surface area (Å²) in [6, 6.07) is 0. The number of rotatable bonds is 2. The molecule has 1 saturated carbocycles.